The van der Waals surface area contributed by atoms with E-state index in [4.69, 9.17) is 18.0 Å². The molecular weight excluding hydrogens is 212 g/mol. The molecule has 1 unspecified atom stereocenters. The maximum atomic E-state index is 5.45. The Labute approximate surface area is 96.6 Å². The SMILES string of the molecule is CN(CCCCC(N)=S)C1CCSC1. The Morgan fingerprint density at radius 1 is 1.57 bits per heavy atom. The lowest BCUT2D eigenvalue weighted by Crippen LogP contribution is -2.32. The molecule has 0 aromatic rings. The van der Waals surface area contributed by atoms with Crippen molar-refractivity contribution in [2.24, 2.45) is 5.73 Å². The van der Waals surface area contributed by atoms with Crippen LogP contribution in [-0.2, 0) is 0 Å². The van der Waals surface area contributed by atoms with Gasteiger partial charge in [-0.2, -0.15) is 11.8 Å². The Morgan fingerprint density at radius 2 is 2.36 bits per heavy atom. The molecule has 0 spiro atoms. The molecule has 0 bridgehead atoms. The third-order valence-corrected chi connectivity index (χ3v) is 4.06. The van der Waals surface area contributed by atoms with E-state index in [-0.39, 0.29) is 0 Å². The van der Waals surface area contributed by atoms with E-state index in [0.717, 1.165) is 18.9 Å². The largest absolute Gasteiger partial charge is 0.393 e. The molecular formula is C10H20N2S2. The van der Waals surface area contributed by atoms with Gasteiger partial charge in [-0.25, -0.2) is 0 Å². The Hall–Kier alpha value is 0.200. The molecule has 1 aliphatic heterocycles. The van der Waals surface area contributed by atoms with Gasteiger partial charge in [-0.05, 0) is 45.0 Å². The van der Waals surface area contributed by atoms with Crippen LogP contribution in [0.5, 0.6) is 0 Å². The summed E-state index contributed by atoms with van der Waals surface area (Å²) in [6, 6.07) is 0.810. The highest BCUT2D eigenvalue weighted by Crippen LogP contribution is 2.21. The lowest BCUT2D eigenvalue weighted by molar-refractivity contribution is 0.258. The minimum atomic E-state index is 0.657. The molecule has 0 aromatic carbocycles. The van der Waals surface area contributed by atoms with Gasteiger partial charge in [0.05, 0.1) is 4.99 Å². The van der Waals surface area contributed by atoms with E-state index in [1.807, 2.05) is 0 Å². The lowest BCUT2D eigenvalue weighted by Gasteiger charge is -2.23. The molecule has 82 valence electrons. The molecule has 1 heterocycles. The van der Waals surface area contributed by atoms with Crippen molar-refractivity contribution in [1.29, 1.82) is 0 Å². The minimum Gasteiger partial charge on any atom is -0.393 e. The normalized spacial score (nSPS) is 21.7. The fraction of sp³-hybridized carbons (Fsp3) is 0.900. The molecule has 1 fully saturated rings. The molecule has 0 aromatic heterocycles. The van der Waals surface area contributed by atoms with Crippen LogP contribution in [0.2, 0.25) is 0 Å². The number of hydrogen-bond acceptors (Lipinski definition) is 3. The van der Waals surface area contributed by atoms with Crippen molar-refractivity contribution in [2.75, 3.05) is 25.1 Å². The van der Waals surface area contributed by atoms with Gasteiger partial charge in [-0.1, -0.05) is 12.2 Å². The van der Waals surface area contributed by atoms with Gasteiger partial charge < -0.3 is 10.6 Å². The maximum Gasteiger partial charge on any atom is 0.0727 e. The van der Waals surface area contributed by atoms with Crippen LogP contribution in [0.15, 0.2) is 0 Å². The summed E-state index contributed by atoms with van der Waals surface area (Å²) in [6.45, 7) is 1.19. The second-order valence-corrected chi connectivity index (χ2v) is 5.60. The number of nitrogens with zero attached hydrogens (tertiary/aromatic N) is 1. The molecule has 0 aliphatic carbocycles. The summed E-state index contributed by atoms with van der Waals surface area (Å²) in [4.78, 5) is 3.14. The minimum absolute atomic E-state index is 0.657. The Kier molecular flexibility index (Phi) is 5.82. The van der Waals surface area contributed by atoms with Gasteiger partial charge in [0, 0.05) is 11.8 Å². The fourth-order valence-corrected chi connectivity index (χ4v) is 3.16. The quantitative estimate of drug-likeness (QED) is 0.559. The van der Waals surface area contributed by atoms with E-state index in [1.165, 1.54) is 30.9 Å². The molecule has 2 N–H and O–H groups in total. The van der Waals surface area contributed by atoms with Crippen molar-refractivity contribution in [3.63, 3.8) is 0 Å². The monoisotopic (exact) mass is 232 g/mol. The number of hydrogen-bond donors (Lipinski definition) is 1. The molecule has 2 nitrogen and oxygen atoms in total. The van der Waals surface area contributed by atoms with Gasteiger partial charge in [0.25, 0.3) is 0 Å². The Bertz CT molecular complexity index is 179. The van der Waals surface area contributed by atoms with Crippen molar-refractivity contribution in [1.82, 2.24) is 4.90 Å². The zero-order valence-electron chi connectivity index (χ0n) is 8.87. The van der Waals surface area contributed by atoms with Crippen molar-refractivity contribution in [2.45, 2.75) is 31.7 Å². The molecule has 1 rings (SSSR count). The third-order valence-electron chi connectivity index (χ3n) is 2.71. The van der Waals surface area contributed by atoms with Crippen LogP contribution in [0.3, 0.4) is 0 Å². The van der Waals surface area contributed by atoms with Crippen LogP contribution < -0.4 is 5.73 Å². The first-order valence-corrected chi connectivity index (χ1v) is 6.82. The summed E-state index contributed by atoms with van der Waals surface area (Å²) in [5, 5.41) is 0. The summed E-state index contributed by atoms with van der Waals surface area (Å²) in [7, 11) is 2.23. The summed E-state index contributed by atoms with van der Waals surface area (Å²) in [5.41, 5.74) is 5.45. The second-order valence-electron chi connectivity index (χ2n) is 3.92. The van der Waals surface area contributed by atoms with Crippen LogP contribution in [0.4, 0.5) is 0 Å². The summed E-state index contributed by atoms with van der Waals surface area (Å²) < 4.78 is 0. The predicted molar refractivity (Wildman–Crippen MR) is 69.0 cm³/mol. The Morgan fingerprint density at radius 3 is 2.93 bits per heavy atom. The summed E-state index contributed by atoms with van der Waals surface area (Å²) in [5.74, 6) is 2.65. The van der Waals surface area contributed by atoms with Gasteiger partial charge in [0.1, 0.15) is 0 Å². The van der Waals surface area contributed by atoms with Crippen LogP contribution in [0.1, 0.15) is 25.7 Å². The highest BCUT2D eigenvalue weighted by Gasteiger charge is 2.18. The van der Waals surface area contributed by atoms with E-state index >= 15 is 0 Å². The van der Waals surface area contributed by atoms with E-state index in [0.29, 0.717) is 4.99 Å². The molecule has 0 saturated carbocycles. The molecule has 4 heteroatoms. The Balaban J connectivity index is 2.02. The molecule has 1 atom stereocenters. The van der Waals surface area contributed by atoms with Gasteiger partial charge in [0.2, 0.25) is 0 Å². The van der Waals surface area contributed by atoms with Crippen molar-refractivity contribution < 1.29 is 0 Å². The smallest absolute Gasteiger partial charge is 0.0727 e. The third kappa shape index (κ3) is 4.62. The average molecular weight is 232 g/mol. The van der Waals surface area contributed by atoms with Crippen molar-refractivity contribution >= 4 is 29.0 Å². The van der Waals surface area contributed by atoms with Crippen molar-refractivity contribution in [3.8, 4) is 0 Å². The summed E-state index contributed by atoms with van der Waals surface area (Å²) in [6.07, 6.45) is 4.62. The van der Waals surface area contributed by atoms with Gasteiger partial charge >= 0.3 is 0 Å². The van der Waals surface area contributed by atoms with E-state index < -0.39 is 0 Å². The van der Waals surface area contributed by atoms with E-state index in [9.17, 15) is 0 Å². The van der Waals surface area contributed by atoms with Gasteiger partial charge in [-0.15, -0.1) is 0 Å². The number of thiocarbonyl (C=S) groups is 1. The van der Waals surface area contributed by atoms with Crippen LogP contribution >= 0.6 is 24.0 Å². The van der Waals surface area contributed by atoms with E-state index in [2.05, 4.69) is 23.7 Å². The first-order chi connectivity index (χ1) is 6.70. The second kappa shape index (κ2) is 6.64. The van der Waals surface area contributed by atoms with Crippen LogP contribution in [0, 0.1) is 0 Å². The molecule has 0 amide bonds. The first kappa shape index (κ1) is 12.3. The lowest BCUT2D eigenvalue weighted by atomic mass is 10.2. The summed E-state index contributed by atoms with van der Waals surface area (Å²) >= 11 is 6.91. The van der Waals surface area contributed by atoms with Gasteiger partial charge in [0.15, 0.2) is 0 Å². The molecule has 0 radical (unpaired) electrons. The standard InChI is InChI=1S/C10H20N2S2/c1-12(9-5-7-14-8-9)6-3-2-4-10(11)13/h9H,2-8H2,1H3,(H2,11,13). The average Bonchev–Trinajstić information content (AvgIpc) is 2.64. The molecule has 1 saturated heterocycles. The topological polar surface area (TPSA) is 29.3 Å². The predicted octanol–water partition coefficient (Wildman–Crippen LogP) is 1.88. The first-order valence-electron chi connectivity index (χ1n) is 5.26. The fourth-order valence-electron chi connectivity index (χ4n) is 1.71. The van der Waals surface area contributed by atoms with Gasteiger partial charge in [-0.3, -0.25) is 0 Å². The molecule has 14 heavy (non-hydrogen) atoms. The van der Waals surface area contributed by atoms with Crippen molar-refractivity contribution in [3.05, 3.63) is 0 Å². The van der Waals surface area contributed by atoms with E-state index in [1.54, 1.807) is 0 Å². The highest BCUT2D eigenvalue weighted by atomic mass is 32.2. The number of rotatable bonds is 6. The zero-order valence-corrected chi connectivity index (χ0v) is 10.5. The highest BCUT2D eigenvalue weighted by molar-refractivity contribution is 7.99. The zero-order chi connectivity index (χ0) is 10.4. The number of nitrogens with two attached hydrogens (primary N) is 1. The maximum absolute atomic E-state index is 5.45. The van der Waals surface area contributed by atoms with Crippen LogP contribution in [-0.4, -0.2) is 41.0 Å². The number of thioether (sulfide) groups is 1. The number of unbranched alkanes of at least 4 members (excludes halogenated alkanes) is 1. The molecule has 1 aliphatic rings. The van der Waals surface area contributed by atoms with Crippen LogP contribution in [0.25, 0.3) is 0 Å².